The van der Waals surface area contributed by atoms with E-state index in [0.717, 1.165) is 11.3 Å². The molecule has 134 valence electrons. The van der Waals surface area contributed by atoms with E-state index < -0.39 is 10.8 Å². The van der Waals surface area contributed by atoms with Crippen molar-refractivity contribution in [2.45, 2.75) is 13.3 Å². The lowest BCUT2D eigenvalue weighted by Crippen LogP contribution is -2.28. The second kappa shape index (κ2) is 7.25. The van der Waals surface area contributed by atoms with Crippen LogP contribution in [0.2, 0.25) is 0 Å². The number of aryl methyl sites for hydroxylation is 1. The first-order chi connectivity index (χ1) is 12.3. The molecule has 2 aromatic rings. The molecule has 1 heterocycles. The summed E-state index contributed by atoms with van der Waals surface area (Å²) in [5, 5.41) is 13.5. The van der Waals surface area contributed by atoms with E-state index in [1.54, 1.807) is 4.90 Å². The van der Waals surface area contributed by atoms with Gasteiger partial charge in [-0.3, -0.25) is 19.7 Å². The van der Waals surface area contributed by atoms with Crippen LogP contribution in [-0.4, -0.2) is 23.3 Å². The van der Waals surface area contributed by atoms with Crippen LogP contribution in [0.15, 0.2) is 46.9 Å². The highest BCUT2D eigenvalue weighted by Crippen LogP contribution is 2.30. The van der Waals surface area contributed by atoms with Crippen molar-refractivity contribution in [3.05, 3.63) is 62.6 Å². The van der Waals surface area contributed by atoms with Gasteiger partial charge in [-0.2, -0.15) is 0 Å². The van der Waals surface area contributed by atoms with Gasteiger partial charge in [-0.25, -0.2) is 0 Å². The highest BCUT2D eigenvalue weighted by Gasteiger charge is 2.35. The van der Waals surface area contributed by atoms with Gasteiger partial charge in [0.1, 0.15) is 0 Å². The monoisotopic (exact) mass is 417 g/mol. The second-order valence-electron chi connectivity index (χ2n) is 6.15. The zero-order valence-electron chi connectivity index (χ0n) is 13.9. The SMILES string of the molecule is Cc1cccc(N2C[C@@H](C(=O)Nc3ccc([N+](=O)[O-])cc3Br)CC2=O)c1. The van der Waals surface area contributed by atoms with Gasteiger partial charge in [0, 0.05) is 35.3 Å². The molecule has 0 bridgehead atoms. The summed E-state index contributed by atoms with van der Waals surface area (Å²) in [6.07, 6.45) is 0.129. The number of rotatable bonds is 4. The van der Waals surface area contributed by atoms with Crippen LogP contribution in [0, 0.1) is 23.0 Å². The van der Waals surface area contributed by atoms with Crippen molar-refractivity contribution in [3.8, 4) is 0 Å². The summed E-state index contributed by atoms with van der Waals surface area (Å²) in [7, 11) is 0. The van der Waals surface area contributed by atoms with Crippen molar-refractivity contribution in [2.75, 3.05) is 16.8 Å². The van der Waals surface area contributed by atoms with Gasteiger partial charge >= 0.3 is 0 Å². The number of anilines is 2. The van der Waals surface area contributed by atoms with Crippen LogP contribution in [0.3, 0.4) is 0 Å². The number of non-ortho nitro benzene ring substituents is 1. The molecule has 1 aliphatic rings. The van der Waals surface area contributed by atoms with Gasteiger partial charge in [-0.1, -0.05) is 12.1 Å². The molecule has 1 fully saturated rings. The topological polar surface area (TPSA) is 92.6 Å². The molecule has 0 unspecified atom stereocenters. The molecule has 26 heavy (non-hydrogen) atoms. The van der Waals surface area contributed by atoms with Gasteiger partial charge < -0.3 is 10.2 Å². The zero-order valence-corrected chi connectivity index (χ0v) is 15.5. The molecule has 8 heteroatoms. The van der Waals surface area contributed by atoms with E-state index in [9.17, 15) is 19.7 Å². The number of benzene rings is 2. The van der Waals surface area contributed by atoms with Gasteiger partial charge in [0.05, 0.1) is 16.5 Å². The van der Waals surface area contributed by atoms with E-state index in [4.69, 9.17) is 0 Å². The van der Waals surface area contributed by atoms with Crippen molar-refractivity contribution >= 4 is 44.8 Å². The molecule has 1 N–H and O–H groups in total. The second-order valence-corrected chi connectivity index (χ2v) is 7.01. The van der Waals surface area contributed by atoms with E-state index in [-0.39, 0.29) is 23.9 Å². The number of halogens is 1. The Hall–Kier alpha value is -2.74. The lowest BCUT2D eigenvalue weighted by atomic mass is 10.1. The minimum Gasteiger partial charge on any atom is -0.325 e. The first-order valence-electron chi connectivity index (χ1n) is 7.97. The molecule has 0 aromatic heterocycles. The number of nitro groups is 1. The van der Waals surface area contributed by atoms with Crippen LogP contribution in [0.25, 0.3) is 0 Å². The minimum absolute atomic E-state index is 0.0726. The summed E-state index contributed by atoms with van der Waals surface area (Å²) in [5.74, 6) is -0.869. The summed E-state index contributed by atoms with van der Waals surface area (Å²) < 4.78 is 0.417. The van der Waals surface area contributed by atoms with Gasteiger partial charge in [0.25, 0.3) is 5.69 Å². The van der Waals surface area contributed by atoms with Gasteiger partial charge in [-0.15, -0.1) is 0 Å². The zero-order chi connectivity index (χ0) is 18.8. The molecule has 2 amide bonds. The third-order valence-corrected chi connectivity index (χ3v) is 4.89. The predicted octanol–water partition coefficient (Wildman–Crippen LogP) is 3.66. The Kier molecular flexibility index (Phi) is 5.03. The number of amides is 2. The van der Waals surface area contributed by atoms with Crippen molar-refractivity contribution in [1.29, 1.82) is 0 Å². The average Bonchev–Trinajstić information content (AvgIpc) is 2.98. The average molecular weight is 418 g/mol. The van der Waals surface area contributed by atoms with Crippen molar-refractivity contribution < 1.29 is 14.5 Å². The lowest BCUT2D eigenvalue weighted by Gasteiger charge is -2.17. The fourth-order valence-corrected chi connectivity index (χ4v) is 3.35. The number of nitro benzene ring substituents is 1. The largest absolute Gasteiger partial charge is 0.325 e. The molecule has 1 atom stereocenters. The van der Waals surface area contributed by atoms with Crippen molar-refractivity contribution in [1.82, 2.24) is 0 Å². The minimum atomic E-state index is -0.508. The molecular formula is C18H16BrN3O4. The maximum absolute atomic E-state index is 12.5. The smallest absolute Gasteiger partial charge is 0.270 e. The summed E-state index contributed by atoms with van der Waals surface area (Å²) in [5.41, 5.74) is 2.18. The number of hydrogen-bond donors (Lipinski definition) is 1. The lowest BCUT2D eigenvalue weighted by molar-refractivity contribution is -0.384. The van der Waals surface area contributed by atoms with Crippen molar-refractivity contribution in [3.63, 3.8) is 0 Å². The number of carbonyl (C=O) groups excluding carboxylic acids is 2. The van der Waals surface area contributed by atoms with Crippen LogP contribution in [0.5, 0.6) is 0 Å². The van der Waals surface area contributed by atoms with Crippen LogP contribution >= 0.6 is 15.9 Å². The Morgan fingerprint density at radius 2 is 2.08 bits per heavy atom. The first kappa shape index (κ1) is 18.1. The van der Waals surface area contributed by atoms with Gasteiger partial charge in [0.2, 0.25) is 11.8 Å². The Morgan fingerprint density at radius 3 is 2.73 bits per heavy atom. The molecule has 3 rings (SSSR count). The van der Waals surface area contributed by atoms with E-state index in [1.165, 1.54) is 18.2 Å². The molecular weight excluding hydrogens is 402 g/mol. The quantitative estimate of drug-likeness (QED) is 0.606. The predicted molar refractivity (Wildman–Crippen MR) is 101 cm³/mol. The number of nitrogens with one attached hydrogen (secondary N) is 1. The van der Waals surface area contributed by atoms with Crippen molar-refractivity contribution in [2.24, 2.45) is 5.92 Å². The molecule has 0 aliphatic carbocycles. The summed E-state index contributed by atoms with van der Waals surface area (Å²) in [6.45, 7) is 2.25. The summed E-state index contributed by atoms with van der Waals surface area (Å²) in [4.78, 5) is 36.7. The van der Waals surface area contributed by atoms with Crippen LogP contribution < -0.4 is 10.2 Å². The standard InChI is InChI=1S/C18H16BrN3O4/c1-11-3-2-4-13(7-11)21-10-12(8-17(21)23)18(24)20-16-6-5-14(22(25)26)9-15(16)19/h2-7,9,12H,8,10H2,1H3,(H,20,24)/t12-/m0/s1. The highest BCUT2D eigenvalue weighted by atomic mass is 79.9. The normalized spacial score (nSPS) is 16.6. The van der Waals surface area contributed by atoms with Gasteiger partial charge in [-0.05, 0) is 46.6 Å². The maximum Gasteiger partial charge on any atom is 0.270 e. The molecule has 2 aromatic carbocycles. The van der Waals surface area contributed by atoms with E-state index in [0.29, 0.717) is 16.7 Å². The molecule has 0 radical (unpaired) electrons. The van der Waals surface area contributed by atoms with Crippen LogP contribution in [0.1, 0.15) is 12.0 Å². The first-order valence-corrected chi connectivity index (χ1v) is 8.76. The third-order valence-electron chi connectivity index (χ3n) is 4.23. The Balaban J connectivity index is 1.71. The van der Waals surface area contributed by atoms with Gasteiger partial charge in [0.15, 0.2) is 0 Å². The van der Waals surface area contributed by atoms with E-state index in [1.807, 2.05) is 31.2 Å². The Bertz CT molecular complexity index is 900. The number of hydrogen-bond acceptors (Lipinski definition) is 4. The molecule has 1 saturated heterocycles. The van der Waals surface area contributed by atoms with E-state index >= 15 is 0 Å². The summed E-state index contributed by atoms with van der Waals surface area (Å²) in [6, 6.07) is 11.7. The molecule has 0 saturated carbocycles. The van der Waals surface area contributed by atoms with Crippen LogP contribution in [-0.2, 0) is 9.59 Å². The number of carbonyl (C=O) groups is 2. The highest BCUT2D eigenvalue weighted by molar-refractivity contribution is 9.10. The molecule has 0 spiro atoms. The summed E-state index contributed by atoms with van der Waals surface area (Å²) >= 11 is 3.22. The Morgan fingerprint density at radius 1 is 1.31 bits per heavy atom. The fraction of sp³-hybridized carbons (Fsp3) is 0.222. The maximum atomic E-state index is 12.5. The fourth-order valence-electron chi connectivity index (χ4n) is 2.88. The molecule has 1 aliphatic heterocycles. The number of nitrogens with zero attached hydrogens (tertiary/aromatic N) is 2. The van der Waals surface area contributed by atoms with E-state index in [2.05, 4.69) is 21.2 Å². The van der Waals surface area contributed by atoms with Crippen LogP contribution in [0.4, 0.5) is 17.1 Å². The Labute approximate surface area is 158 Å². The third kappa shape index (κ3) is 3.75. The molecule has 7 nitrogen and oxygen atoms in total.